The molecule has 2 heteroatoms. The van der Waals surface area contributed by atoms with Gasteiger partial charge in [0.15, 0.2) is 0 Å². The highest BCUT2D eigenvalue weighted by Crippen LogP contribution is 2.37. The van der Waals surface area contributed by atoms with Gasteiger partial charge in [0.25, 0.3) is 0 Å². The highest BCUT2D eigenvalue weighted by molar-refractivity contribution is 5.30. The molecule has 112 valence electrons. The number of rotatable bonds is 4. The fraction of sp³-hybridized carbons (Fsp3) is 0.667. The van der Waals surface area contributed by atoms with Crippen LogP contribution >= 0.6 is 0 Å². The van der Waals surface area contributed by atoms with E-state index in [1.54, 1.807) is 0 Å². The van der Waals surface area contributed by atoms with Crippen molar-refractivity contribution in [1.82, 2.24) is 0 Å². The van der Waals surface area contributed by atoms with Crippen molar-refractivity contribution in [2.24, 2.45) is 11.7 Å². The van der Waals surface area contributed by atoms with Crippen molar-refractivity contribution >= 4 is 0 Å². The van der Waals surface area contributed by atoms with Crippen molar-refractivity contribution in [3.05, 3.63) is 34.9 Å². The maximum atomic E-state index is 6.55. The van der Waals surface area contributed by atoms with E-state index in [1.165, 1.54) is 29.5 Å². The summed E-state index contributed by atoms with van der Waals surface area (Å²) in [6.07, 6.45) is 5.63. The first-order valence-electron chi connectivity index (χ1n) is 7.84. The number of benzene rings is 1. The Kier molecular flexibility index (Phi) is 4.87. The largest absolute Gasteiger partial charge is 0.377 e. The monoisotopic (exact) mass is 275 g/mol. The predicted molar refractivity (Wildman–Crippen MR) is 85.0 cm³/mol. The molecule has 1 fully saturated rings. The van der Waals surface area contributed by atoms with Gasteiger partial charge in [0.1, 0.15) is 0 Å². The number of ether oxygens (including phenoxy) is 1. The molecule has 1 aromatic carbocycles. The minimum absolute atomic E-state index is 0.0809. The molecule has 0 heterocycles. The molecular formula is C18H29NO. The molecule has 20 heavy (non-hydrogen) atoms. The Labute approximate surface area is 123 Å². The third-order valence-corrected chi connectivity index (χ3v) is 5.10. The van der Waals surface area contributed by atoms with Gasteiger partial charge in [0, 0.05) is 13.2 Å². The molecule has 0 radical (unpaired) electrons. The number of aryl methyl sites for hydroxylation is 2. The van der Waals surface area contributed by atoms with Gasteiger partial charge in [-0.2, -0.15) is 0 Å². The van der Waals surface area contributed by atoms with Crippen molar-refractivity contribution in [3.8, 4) is 0 Å². The van der Waals surface area contributed by atoms with Gasteiger partial charge < -0.3 is 10.5 Å². The third kappa shape index (κ3) is 3.24. The molecule has 1 saturated carbocycles. The van der Waals surface area contributed by atoms with Gasteiger partial charge in [0.05, 0.1) is 5.60 Å². The summed E-state index contributed by atoms with van der Waals surface area (Å²) in [7, 11) is 1.83. The van der Waals surface area contributed by atoms with Crippen molar-refractivity contribution < 1.29 is 4.74 Å². The van der Waals surface area contributed by atoms with E-state index in [4.69, 9.17) is 10.5 Å². The van der Waals surface area contributed by atoms with Crippen LogP contribution in [0.1, 0.15) is 49.3 Å². The van der Waals surface area contributed by atoms with Crippen LogP contribution in [0.25, 0.3) is 0 Å². The topological polar surface area (TPSA) is 35.2 Å². The molecule has 0 saturated heterocycles. The van der Waals surface area contributed by atoms with Gasteiger partial charge in [-0.15, -0.1) is 0 Å². The van der Waals surface area contributed by atoms with Gasteiger partial charge in [-0.25, -0.2) is 0 Å². The molecule has 2 rings (SSSR count). The summed E-state index contributed by atoms with van der Waals surface area (Å²) in [5, 5.41) is 0. The predicted octanol–water partition coefficient (Wildman–Crippen LogP) is 3.77. The third-order valence-electron chi connectivity index (χ3n) is 5.10. The zero-order valence-corrected chi connectivity index (χ0v) is 13.4. The Morgan fingerprint density at radius 2 is 2.10 bits per heavy atom. The zero-order chi connectivity index (χ0) is 14.8. The number of hydrogen-bond donors (Lipinski definition) is 1. The first-order chi connectivity index (χ1) is 9.47. The maximum Gasteiger partial charge on any atom is 0.0834 e. The Bertz CT molecular complexity index is 457. The summed E-state index contributed by atoms with van der Waals surface area (Å²) in [6.45, 7) is 6.63. The minimum atomic E-state index is -0.129. The van der Waals surface area contributed by atoms with Crippen LogP contribution in [0.2, 0.25) is 0 Å². The second-order valence-electron chi connectivity index (χ2n) is 6.70. The second kappa shape index (κ2) is 6.28. The Morgan fingerprint density at radius 3 is 2.70 bits per heavy atom. The van der Waals surface area contributed by atoms with Crippen molar-refractivity contribution in [1.29, 1.82) is 0 Å². The molecule has 3 atom stereocenters. The average molecular weight is 275 g/mol. The molecule has 2 N–H and O–H groups in total. The zero-order valence-electron chi connectivity index (χ0n) is 13.4. The van der Waals surface area contributed by atoms with Gasteiger partial charge >= 0.3 is 0 Å². The molecule has 2 nitrogen and oxygen atoms in total. The van der Waals surface area contributed by atoms with E-state index >= 15 is 0 Å². The highest BCUT2D eigenvalue weighted by Gasteiger charge is 2.40. The molecule has 1 aromatic rings. The molecule has 0 amide bonds. The lowest BCUT2D eigenvalue weighted by molar-refractivity contribution is -0.0705. The van der Waals surface area contributed by atoms with Crippen molar-refractivity contribution in [2.45, 2.75) is 64.5 Å². The van der Waals surface area contributed by atoms with Crippen LogP contribution in [-0.2, 0) is 11.2 Å². The van der Waals surface area contributed by atoms with E-state index in [9.17, 15) is 0 Å². The first kappa shape index (κ1) is 15.5. The van der Waals surface area contributed by atoms with Crippen molar-refractivity contribution in [2.75, 3.05) is 7.11 Å². The van der Waals surface area contributed by atoms with Crippen LogP contribution < -0.4 is 5.73 Å². The fourth-order valence-corrected chi connectivity index (χ4v) is 3.59. The molecule has 0 aromatic heterocycles. The van der Waals surface area contributed by atoms with E-state index in [2.05, 4.69) is 39.0 Å². The number of methoxy groups -OCH3 is 1. The summed E-state index contributed by atoms with van der Waals surface area (Å²) < 4.78 is 5.91. The Morgan fingerprint density at radius 1 is 1.35 bits per heavy atom. The quantitative estimate of drug-likeness (QED) is 0.908. The van der Waals surface area contributed by atoms with Gasteiger partial charge in [-0.05, 0) is 55.7 Å². The fourth-order valence-electron chi connectivity index (χ4n) is 3.59. The van der Waals surface area contributed by atoms with E-state index in [-0.39, 0.29) is 11.6 Å². The van der Waals surface area contributed by atoms with Crippen LogP contribution in [0.15, 0.2) is 18.2 Å². The van der Waals surface area contributed by atoms with E-state index < -0.39 is 0 Å². The highest BCUT2D eigenvalue weighted by atomic mass is 16.5. The van der Waals surface area contributed by atoms with E-state index in [0.29, 0.717) is 0 Å². The van der Waals surface area contributed by atoms with Gasteiger partial charge in [0.2, 0.25) is 0 Å². The Hall–Kier alpha value is -0.860. The van der Waals surface area contributed by atoms with E-state index in [1.807, 2.05) is 7.11 Å². The molecule has 3 unspecified atom stereocenters. The number of nitrogens with two attached hydrogens (primary N) is 1. The van der Waals surface area contributed by atoms with Gasteiger partial charge in [-0.3, -0.25) is 0 Å². The summed E-state index contributed by atoms with van der Waals surface area (Å²) in [5.41, 5.74) is 10.4. The Balaban J connectivity index is 2.12. The summed E-state index contributed by atoms with van der Waals surface area (Å²) in [5.74, 6) is 0.717. The molecule has 0 bridgehead atoms. The van der Waals surface area contributed by atoms with Crippen LogP contribution in [-0.4, -0.2) is 18.8 Å². The van der Waals surface area contributed by atoms with Crippen LogP contribution in [0.3, 0.4) is 0 Å². The van der Waals surface area contributed by atoms with Crippen molar-refractivity contribution in [3.63, 3.8) is 0 Å². The van der Waals surface area contributed by atoms with Gasteiger partial charge in [-0.1, -0.05) is 38.0 Å². The SMILES string of the molecule is COC1(C(N)Cc2ccc(C)c(C)c2)CCCC(C)C1. The lowest BCUT2D eigenvalue weighted by Crippen LogP contribution is -2.53. The molecule has 1 aliphatic rings. The van der Waals surface area contributed by atoms with Crippen LogP contribution in [0, 0.1) is 19.8 Å². The average Bonchev–Trinajstić information content (AvgIpc) is 2.42. The second-order valence-corrected chi connectivity index (χ2v) is 6.70. The normalized spacial score (nSPS) is 28.4. The molecule has 0 spiro atoms. The van der Waals surface area contributed by atoms with Crippen LogP contribution in [0.4, 0.5) is 0 Å². The lowest BCUT2D eigenvalue weighted by Gasteiger charge is -2.43. The first-order valence-corrected chi connectivity index (χ1v) is 7.84. The summed E-state index contributed by atoms with van der Waals surface area (Å²) in [6, 6.07) is 6.75. The molecule has 0 aliphatic heterocycles. The van der Waals surface area contributed by atoms with E-state index in [0.717, 1.165) is 25.2 Å². The molecular weight excluding hydrogens is 246 g/mol. The number of hydrogen-bond acceptors (Lipinski definition) is 2. The minimum Gasteiger partial charge on any atom is -0.377 e. The lowest BCUT2D eigenvalue weighted by atomic mass is 9.73. The summed E-state index contributed by atoms with van der Waals surface area (Å²) in [4.78, 5) is 0. The van der Waals surface area contributed by atoms with Crippen LogP contribution in [0.5, 0.6) is 0 Å². The summed E-state index contributed by atoms with van der Waals surface area (Å²) >= 11 is 0. The molecule has 1 aliphatic carbocycles. The maximum absolute atomic E-state index is 6.55. The smallest absolute Gasteiger partial charge is 0.0834 e. The standard InChI is InChI=1S/C18H29NO/c1-13-6-5-9-18(12-13,20-4)17(19)11-16-8-7-14(2)15(3)10-16/h7-8,10,13,17H,5-6,9,11-12,19H2,1-4H3.